The van der Waals surface area contributed by atoms with E-state index in [4.69, 9.17) is 4.74 Å². The van der Waals surface area contributed by atoms with E-state index in [1.807, 2.05) is 6.20 Å². The summed E-state index contributed by atoms with van der Waals surface area (Å²) in [4.78, 5) is 5.15. The van der Waals surface area contributed by atoms with Gasteiger partial charge in [0.1, 0.15) is 0 Å². The van der Waals surface area contributed by atoms with E-state index < -0.39 is 0 Å². The first-order valence-corrected chi connectivity index (χ1v) is 8.05. The van der Waals surface area contributed by atoms with Gasteiger partial charge in [-0.3, -0.25) is 14.5 Å². The van der Waals surface area contributed by atoms with Gasteiger partial charge < -0.3 is 10.1 Å². The molecule has 3 heterocycles. The summed E-state index contributed by atoms with van der Waals surface area (Å²) in [5, 5.41) is 7.92. The summed E-state index contributed by atoms with van der Waals surface area (Å²) in [5.74, 6) is 0. The Morgan fingerprint density at radius 3 is 2.62 bits per heavy atom. The van der Waals surface area contributed by atoms with E-state index in [1.54, 1.807) is 0 Å². The van der Waals surface area contributed by atoms with E-state index in [-0.39, 0.29) is 0 Å². The van der Waals surface area contributed by atoms with Crippen molar-refractivity contribution in [3.63, 3.8) is 0 Å². The van der Waals surface area contributed by atoms with E-state index in [2.05, 4.69) is 38.0 Å². The lowest BCUT2D eigenvalue weighted by atomic mass is 10.2. The Balaban J connectivity index is 1.63. The van der Waals surface area contributed by atoms with Crippen LogP contribution >= 0.6 is 0 Å². The minimum absolute atomic E-state index is 0.532. The Labute approximate surface area is 127 Å². The van der Waals surface area contributed by atoms with Crippen molar-refractivity contribution < 1.29 is 4.74 Å². The molecule has 21 heavy (non-hydrogen) atoms. The average Bonchev–Trinajstić information content (AvgIpc) is 2.94. The van der Waals surface area contributed by atoms with Crippen molar-refractivity contribution in [2.75, 3.05) is 59.0 Å². The summed E-state index contributed by atoms with van der Waals surface area (Å²) in [7, 11) is 0. The number of hydrogen-bond donors (Lipinski definition) is 1. The van der Waals surface area contributed by atoms with Crippen molar-refractivity contribution in [1.29, 1.82) is 0 Å². The second kappa shape index (κ2) is 7.35. The van der Waals surface area contributed by atoms with Crippen LogP contribution in [0.1, 0.15) is 5.56 Å². The van der Waals surface area contributed by atoms with Gasteiger partial charge in [-0.05, 0) is 12.5 Å². The third-order valence-electron chi connectivity index (χ3n) is 4.40. The predicted molar refractivity (Wildman–Crippen MR) is 82.5 cm³/mol. The van der Waals surface area contributed by atoms with E-state index in [9.17, 15) is 0 Å². The molecule has 118 valence electrons. The predicted octanol–water partition coefficient (Wildman–Crippen LogP) is -0.202. The molecular formula is C15H27N5O. The molecule has 2 aliphatic heterocycles. The molecule has 2 saturated heterocycles. The minimum atomic E-state index is 0.532. The van der Waals surface area contributed by atoms with Crippen LogP contribution in [0, 0.1) is 6.92 Å². The van der Waals surface area contributed by atoms with Gasteiger partial charge in [-0.1, -0.05) is 0 Å². The van der Waals surface area contributed by atoms with Crippen LogP contribution in [-0.2, 0) is 11.3 Å². The highest BCUT2D eigenvalue weighted by atomic mass is 16.5. The summed E-state index contributed by atoms with van der Waals surface area (Å²) in [6.07, 6.45) is 4.10. The fourth-order valence-electron chi connectivity index (χ4n) is 3.20. The van der Waals surface area contributed by atoms with Crippen LogP contribution < -0.4 is 5.32 Å². The molecule has 0 aromatic carbocycles. The number of morpholine rings is 1. The maximum atomic E-state index is 5.47. The Morgan fingerprint density at radius 1 is 1.19 bits per heavy atom. The number of rotatable bonds is 5. The molecule has 2 fully saturated rings. The highest BCUT2D eigenvalue weighted by Crippen LogP contribution is 2.09. The Bertz CT molecular complexity index is 423. The molecule has 6 nitrogen and oxygen atoms in total. The van der Waals surface area contributed by atoms with Gasteiger partial charge in [-0.25, -0.2) is 0 Å². The lowest BCUT2D eigenvalue weighted by Gasteiger charge is -2.38. The van der Waals surface area contributed by atoms with Gasteiger partial charge in [0.25, 0.3) is 0 Å². The van der Waals surface area contributed by atoms with Crippen LogP contribution in [0.15, 0.2) is 12.4 Å². The van der Waals surface area contributed by atoms with Crippen LogP contribution in [0.3, 0.4) is 0 Å². The molecule has 0 amide bonds. The maximum absolute atomic E-state index is 5.47. The van der Waals surface area contributed by atoms with Crippen LogP contribution in [0.5, 0.6) is 0 Å². The van der Waals surface area contributed by atoms with Crippen molar-refractivity contribution in [1.82, 2.24) is 24.9 Å². The van der Waals surface area contributed by atoms with Gasteiger partial charge in [-0.2, -0.15) is 5.10 Å². The normalized spacial score (nSPS) is 23.3. The van der Waals surface area contributed by atoms with Gasteiger partial charge in [0.05, 0.1) is 26.0 Å². The molecule has 0 unspecified atom stereocenters. The molecule has 0 saturated carbocycles. The van der Waals surface area contributed by atoms with Gasteiger partial charge in [-0.15, -0.1) is 0 Å². The zero-order chi connectivity index (χ0) is 14.5. The first kappa shape index (κ1) is 15.0. The summed E-state index contributed by atoms with van der Waals surface area (Å²) in [6.45, 7) is 12.5. The Hall–Kier alpha value is -0.950. The lowest BCUT2D eigenvalue weighted by molar-refractivity contribution is 0.0181. The third kappa shape index (κ3) is 4.26. The Morgan fingerprint density at radius 2 is 1.95 bits per heavy atom. The van der Waals surface area contributed by atoms with Crippen molar-refractivity contribution in [2.24, 2.45) is 0 Å². The van der Waals surface area contributed by atoms with E-state index in [0.717, 1.165) is 65.6 Å². The second-order valence-electron chi connectivity index (χ2n) is 6.09. The summed E-state index contributed by atoms with van der Waals surface area (Å²) >= 11 is 0. The standard InChI is InChI=1S/C15H27N5O/c1-14-10-17-20(11-14)13-15(19-4-2-16-3-5-19)12-18-6-8-21-9-7-18/h10-11,15-16H,2-9,12-13H2,1H3/t15-/m0/s1. The molecule has 1 atom stereocenters. The van der Waals surface area contributed by atoms with E-state index >= 15 is 0 Å². The smallest absolute Gasteiger partial charge is 0.0594 e. The van der Waals surface area contributed by atoms with Crippen molar-refractivity contribution >= 4 is 0 Å². The first-order chi connectivity index (χ1) is 10.3. The van der Waals surface area contributed by atoms with E-state index in [1.165, 1.54) is 5.56 Å². The largest absolute Gasteiger partial charge is 0.379 e. The lowest BCUT2D eigenvalue weighted by Crippen LogP contribution is -2.54. The number of piperazine rings is 1. The fourth-order valence-corrected chi connectivity index (χ4v) is 3.20. The fraction of sp³-hybridized carbons (Fsp3) is 0.800. The SMILES string of the molecule is Cc1cnn(C[C@H](CN2CCOCC2)N2CCNCC2)c1. The molecule has 0 radical (unpaired) electrons. The maximum Gasteiger partial charge on any atom is 0.0594 e. The van der Waals surface area contributed by atoms with E-state index in [0.29, 0.717) is 6.04 Å². The number of nitrogens with zero attached hydrogens (tertiary/aromatic N) is 4. The third-order valence-corrected chi connectivity index (χ3v) is 4.40. The molecule has 1 N–H and O–H groups in total. The second-order valence-corrected chi connectivity index (χ2v) is 6.09. The minimum Gasteiger partial charge on any atom is -0.379 e. The van der Waals surface area contributed by atoms with Gasteiger partial charge in [0, 0.05) is 58.1 Å². The van der Waals surface area contributed by atoms with Crippen molar-refractivity contribution in [3.05, 3.63) is 18.0 Å². The molecule has 2 aliphatic rings. The Kier molecular flexibility index (Phi) is 5.24. The van der Waals surface area contributed by atoms with Crippen LogP contribution in [-0.4, -0.2) is 84.6 Å². The number of aryl methyl sites for hydroxylation is 1. The average molecular weight is 293 g/mol. The van der Waals surface area contributed by atoms with Crippen molar-refractivity contribution in [3.8, 4) is 0 Å². The van der Waals surface area contributed by atoms with Crippen LogP contribution in [0.4, 0.5) is 0 Å². The van der Waals surface area contributed by atoms with Gasteiger partial charge in [0.2, 0.25) is 0 Å². The zero-order valence-corrected chi connectivity index (χ0v) is 13.0. The summed E-state index contributed by atoms with van der Waals surface area (Å²) in [6, 6.07) is 0.532. The summed E-state index contributed by atoms with van der Waals surface area (Å²) < 4.78 is 7.57. The van der Waals surface area contributed by atoms with Gasteiger partial charge in [0.15, 0.2) is 0 Å². The molecule has 6 heteroatoms. The molecule has 0 spiro atoms. The zero-order valence-electron chi connectivity index (χ0n) is 13.0. The monoisotopic (exact) mass is 293 g/mol. The molecule has 0 aliphatic carbocycles. The van der Waals surface area contributed by atoms with Gasteiger partial charge >= 0.3 is 0 Å². The first-order valence-electron chi connectivity index (χ1n) is 8.05. The number of aromatic nitrogens is 2. The van der Waals surface area contributed by atoms with Crippen molar-refractivity contribution in [2.45, 2.75) is 19.5 Å². The van der Waals surface area contributed by atoms with Crippen LogP contribution in [0.25, 0.3) is 0 Å². The number of hydrogen-bond acceptors (Lipinski definition) is 5. The highest BCUT2D eigenvalue weighted by molar-refractivity contribution is 4.99. The molecule has 3 rings (SSSR count). The molecule has 0 bridgehead atoms. The van der Waals surface area contributed by atoms with Crippen LogP contribution in [0.2, 0.25) is 0 Å². The topological polar surface area (TPSA) is 45.6 Å². The number of nitrogens with one attached hydrogen (secondary N) is 1. The highest BCUT2D eigenvalue weighted by Gasteiger charge is 2.24. The quantitative estimate of drug-likeness (QED) is 0.814. The molecule has 1 aromatic rings. The molecular weight excluding hydrogens is 266 g/mol. The molecule has 1 aromatic heterocycles. The summed E-state index contributed by atoms with van der Waals surface area (Å²) in [5.41, 5.74) is 1.24. The number of ether oxygens (including phenoxy) is 1.